The van der Waals surface area contributed by atoms with E-state index in [4.69, 9.17) is 23.2 Å². The van der Waals surface area contributed by atoms with Gasteiger partial charge in [0.05, 0.1) is 10.7 Å². The van der Waals surface area contributed by atoms with Crippen molar-refractivity contribution in [2.24, 2.45) is 0 Å². The Morgan fingerprint density at radius 2 is 2.07 bits per heavy atom. The van der Waals surface area contributed by atoms with E-state index in [0.717, 1.165) is 36.6 Å². The van der Waals surface area contributed by atoms with Gasteiger partial charge >= 0.3 is 0 Å². The highest BCUT2D eigenvalue weighted by molar-refractivity contribution is 6.33. The molecule has 2 heterocycles. The summed E-state index contributed by atoms with van der Waals surface area (Å²) in [4.78, 5) is 6.24. The summed E-state index contributed by atoms with van der Waals surface area (Å²) >= 11 is 12.1. The molecule has 14 heavy (non-hydrogen) atoms. The third-order valence-electron chi connectivity index (χ3n) is 2.52. The van der Waals surface area contributed by atoms with Crippen LogP contribution in [0.2, 0.25) is 5.02 Å². The molecule has 76 valence electrons. The second-order valence-electron chi connectivity index (χ2n) is 3.49. The molecule has 0 aromatic carbocycles. The fraction of sp³-hybridized carbons (Fsp3) is 0.500. The Kier molecular flexibility index (Phi) is 3.14. The van der Waals surface area contributed by atoms with Crippen LogP contribution in [0, 0.1) is 0 Å². The van der Waals surface area contributed by atoms with Crippen molar-refractivity contribution in [2.45, 2.75) is 18.2 Å². The van der Waals surface area contributed by atoms with E-state index >= 15 is 0 Å². The molecule has 2 rings (SSSR count). The van der Waals surface area contributed by atoms with E-state index in [2.05, 4.69) is 9.88 Å². The van der Waals surface area contributed by atoms with Gasteiger partial charge in [0.25, 0.3) is 0 Å². The summed E-state index contributed by atoms with van der Waals surface area (Å²) in [5.41, 5.74) is 1.07. The normalized spacial score (nSPS) is 18.6. The SMILES string of the molecule is Clc1cnccc1N1CCC(Cl)CC1. The van der Waals surface area contributed by atoms with E-state index < -0.39 is 0 Å². The predicted octanol–water partition coefficient (Wildman–Crippen LogP) is 2.94. The summed E-state index contributed by atoms with van der Waals surface area (Å²) in [6.07, 6.45) is 5.51. The molecule has 0 atom stereocenters. The van der Waals surface area contributed by atoms with E-state index in [1.165, 1.54) is 0 Å². The van der Waals surface area contributed by atoms with Crippen molar-refractivity contribution in [3.8, 4) is 0 Å². The number of anilines is 1. The van der Waals surface area contributed by atoms with E-state index in [1.807, 2.05) is 6.07 Å². The van der Waals surface area contributed by atoms with E-state index in [1.54, 1.807) is 12.4 Å². The molecule has 0 N–H and O–H groups in total. The number of alkyl halides is 1. The summed E-state index contributed by atoms with van der Waals surface area (Å²) in [6.45, 7) is 1.97. The molecule has 0 unspecified atom stereocenters. The molecular formula is C10H12Cl2N2. The molecule has 1 aromatic rings. The Morgan fingerprint density at radius 1 is 1.36 bits per heavy atom. The molecule has 1 aromatic heterocycles. The minimum Gasteiger partial charge on any atom is -0.370 e. The van der Waals surface area contributed by atoms with Gasteiger partial charge in [0.15, 0.2) is 0 Å². The van der Waals surface area contributed by atoms with Gasteiger partial charge in [-0.2, -0.15) is 0 Å². The van der Waals surface area contributed by atoms with Crippen LogP contribution in [0.15, 0.2) is 18.5 Å². The van der Waals surface area contributed by atoms with Crippen LogP contribution in [0.1, 0.15) is 12.8 Å². The van der Waals surface area contributed by atoms with Gasteiger partial charge in [-0.15, -0.1) is 11.6 Å². The number of pyridine rings is 1. The second kappa shape index (κ2) is 4.37. The Bertz CT molecular complexity index is 309. The lowest BCUT2D eigenvalue weighted by molar-refractivity contribution is 0.585. The van der Waals surface area contributed by atoms with Gasteiger partial charge in [-0.1, -0.05) is 11.6 Å². The standard InChI is InChI=1S/C10H12Cl2N2/c11-8-2-5-14(6-3-8)10-1-4-13-7-9(10)12/h1,4,7-8H,2-3,5-6H2. The molecule has 1 saturated heterocycles. The predicted molar refractivity (Wildman–Crippen MR) is 60.3 cm³/mol. The van der Waals surface area contributed by atoms with Crippen molar-refractivity contribution >= 4 is 28.9 Å². The third kappa shape index (κ3) is 2.12. The average Bonchev–Trinajstić information content (AvgIpc) is 2.20. The average molecular weight is 231 g/mol. The van der Waals surface area contributed by atoms with Gasteiger partial charge in [0, 0.05) is 30.9 Å². The lowest BCUT2D eigenvalue weighted by atomic mass is 10.1. The molecular weight excluding hydrogens is 219 g/mol. The number of piperidine rings is 1. The zero-order valence-corrected chi connectivity index (χ0v) is 9.30. The van der Waals surface area contributed by atoms with Crippen LogP contribution >= 0.6 is 23.2 Å². The topological polar surface area (TPSA) is 16.1 Å². The van der Waals surface area contributed by atoms with Crippen LogP contribution < -0.4 is 4.90 Å². The molecule has 0 bridgehead atoms. The number of rotatable bonds is 1. The Morgan fingerprint density at radius 3 is 2.71 bits per heavy atom. The monoisotopic (exact) mass is 230 g/mol. The third-order valence-corrected chi connectivity index (χ3v) is 3.24. The number of nitrogens with zero attached hydrogens (tertiary/aromatic N) is 2. The summed E-state index contributed by atoms with van der Waals surface area (Å²) in [7, 11) is 0. The van der Waals surface area contributed by atoms with Gasteiger partial charge in [0.2, 0.25) is 0 Å². The number of hydrogen-bond donors (Lipinski definition) is 0. The first-order valence-corrected chi connectivity index (χ1v) is 5.57. The second-order valence-corrected chi connectivity index (χ2v) is 4.51. The van der Waals surface area contributed by atoms with Crippen LogP contribution in [0.3, 0.4) is 0 Å². The Labute approximate surface area is 93.8 Å². The summed E-state index contributed by atoms with van der Waals surface area (Å²) in [6, 6.07) is 1.96. The van der Waals surface area contributed by atoms with Crippen molar-refractivity contribution in [3.63, 3.8) is 0 Å². The van der Waals surface area contributed by atoms with Crippen LogP contribution in [0.5, 0.6) is 0 Å². The van der Waals surface area contributed by atoms with Crippen molar-refractivity contribution in [2.75, 3.05) is 18.0 Å². The maximum atomic E-state index is 6.06. The fourth-order valence-corrected chi connectivity index (χ4v) is 2.15. The van der Waals surface area contributed by atoms with Crippen LogP contribution in [-0.4, -0.2) is 23.5 Å². The molecule has 0 spiro atoms. The molecule has 0 amide bonds. The highest BCUT2D eigenvalue weighted by atomic mass is 35.5. The van der Waals surface area contributed by atoms with Crippen molar-refractivity contribution in [1.29, 1.82) is 0 Å². The summed E-state index contributed by atoms with van der Waals surface area (Å²) < 4.78 is 0. The maximum absolute atomic E-state index is 6.06. The highest BCUT2D eigenvalue weighted by Gasteiger charge is 2.18. The lowest BCUT2D eigenvalue weighted by Gasteiger charge is -2.31. The molecule has 0 aliphatic carbocycles. The highest BCUT2D eigenvalue weighted by Crippen LogP contribution is 2.27. The van der Waals surface area contributed by atoms with Crippen LogP contribution in [0.25, 0.3) is 0 Å². The number of aromatic nitrogens is 1. The Hall–Kier alpha value is -0.470. The van der Waals surface area contributed by atoms with Gasteiger partial charge in [-0.05, 0) is 18.9 Å². The van der Waals surface area contributed by atoms with E-state index in [-0.39, 0.29) is 0 Å². The Balaban J connectivity index is 2.12. The smallest absolute Gasteiger partial charge is 0.0822 e. The van der Waals surface area contributed by atoms with Gasteiger partial charge in [-0.3, -0.25) is 4.98 Å². The molecule has 0 radical (unpaired) electrons. The van der Waals surface area contributed by atoms with Crippen LogP contribution in [0.4, 0.5) is 5.69 Å². The first-order valence-electron chi connectivity index (χ1n) is 4.76. The van der Waals surface area contributed by atoms with Crippen molar-refractivity contribution in [3.05, 3.63) is 23.5 Å². The largest absolute Gasteiger partial charge is 0.370 e. The quantitative estimate of drug-likeness (QED) is 0.691. The maximum Gasteiger partial charge on any atom is 0.0822 e. The number of halogens is 2. The zero-order chi connectivity index (χ0) is 9.97. The van der Waals surface area contributed by atoms with E-state index in [9.17, 15) is 0 Å². The first kappa shape index (κ1) is 10.1. The molecule has 4 heteroatoms. The molecule has 2 nitrogen and oxygen atoms in total. The zero-order valence-electron chi connectivity index (χ0n) is 7.79. The summed E-state index contributed by atoms with van der Waals surface area (Å²) in [5.74, 6) is 0. The molecule has 1 aliphatic heterocycles. The summed E-state index contributed by atoms with van der Waals surface area (Å²) in [5, 5.41) is 1.05. The van der Waals surface area contributed by atoms with Crippen molar-refractivity contribution < 1.29 is 0 Å². The fourth-order valence-electron chi connectivity index (χ4n) is 1.71. The minimum absolute atomic E-state index is 0.326. The molecule has 1 fully saturated rings. The lowest BCUT2D eigenvalue weighted by Crippen LogP contribution is -2.34. The van der Waals surface area contributed by atoms with E-state index in [0.29, 0.717) is 5.38 Å². The van der Waals surface area contributed by atoms with Gasteiger partial charge < -0.3 is 4.90 Å². The molecule has 1 aliphatic rings. The van der Waals surface area contributed by atoms with Gasteiger partial charge in [0.1, 0.15) is 0 Å². The van der Waals surface area contributed by atoms with Gasteiger partial charge in [-0.25, -0.2) is 0 Å². The molecule has 0 saturated carbocycles. The first-order chi connectivity index (χ1) is 6.77. The van der Waals surface area contributed by atoms with Crippen molar-refractivity contribution in [1.82, 2.24) is 4.98 Å². The van der Waals surface area contributed by atoms with Crippen LogP contribution in [-0.2, 0) is 0 Å². The number of hydrogen-bond acceptors (Lipinski definition) is 2. The minimum atomic E-state index is 0.326.